The van der Waals surface area contributed by atoms with Crippen LogP contribution in [0, 0.1) is 5.92 Å². The standard InChI is InChI=1S/C7H13NO3/c1-8(11)4-2-6(3-5-8)7(9)10/h6,11H,2-5H2,1H3/p+1. The number of nitrogens with zero attached hydrogens (tertiary/aromatic N) is 1. The number of carbonyl (C=O) groups is 1. The maximum atomic E-state index is 10.5. The Bertz CT molecular complexity index is 157. The van der Waals surface area contributed by atoms with Crippen molar-refractivity contribution in [2.45, 2.75) is 12.8 Å². The minimum absolute atomic E-state index is 0.0240. The summed E-state index contributed by atoms with van der Waals surface area (Å²) < 4.78 is -0.0240. The molecule has 1 fully saturated rings. The number of carboxylic acids is 1. The van der Waals surface area contributed by atoms with Crippen LogP contribution in [0.4, 0.5) is 0 Å². The molecule has 0 atom stereocenters. The van der Waals surface area contributed by atoms with Crippen LogP contribution < -0.4 is 0 Å². The van der Waals surface area contributed by atoms with Crippen molar-refractivity contribution in [3.8, 4) is 0 Å². The second-order valence-corrected chi connectivity index (χ2v) is 3.40. The maximum Gasteiger partial charge on any atom is 0.306 e. The van der Waals surface area contributed by atoms with Crippen LogP contribution in [0.5, 0.6) is 0 Å². The van der Waals surface area contributed by atoms with Crippen LogP contribution >= 0.6 is 0 Å². The Morgan fingerprint density at radius 1 is 1.45 bits per heavy atom. The number of hydrogen-bond donors (Lipinski definition) is 2. The van der Waals surface area contributed by atoms with E-state index in [2.05, 4.69) is 0 Å². The third kappa shape index (κ3) is 2.17. The van der Waals surface area contributed by atoms with Crippen molar-refractivity contribution in [2.24, 2.45) is 5.92 Å². The first-order valence-electron chi connectivity index (χ1n) is 3.81. The summed E-state index contributed by atoms with van der Waals surface area (Å²) in [6.45, 7) is 1.11. The zero-order valence-electron chi connectivity index (χ0n) is 6.66. The zero-order chi connectivity index (χ0) is 8.48. The third-order valence-electron chi connectivity index (χ3n) is 2.27. The maximum absolute atomic E-state index is 10.5. The van der Waals surface area contributed by atoms with Crippen LogP contribution in [0.15, 0.2) is 0 Å². The van der Waals surface area contributed by atoms with Crippen molar-refractivity contribution in [1.82, 2.24) is 0 Å². The van der Waals surface area contributed by atoms with Crippen molar-refractivity contribution in [1.29, 1.82) is 0 Å². The molecule has 0 aromatic rings. The van der Waals surface area contributed by atoms with Gasteiger partial charge in [0.1, 0.15) is 13.1 Å². The van der Waals surface area contributed by atoms with E-state index < -0.39 is 5.97 Å². The van der Waals surface area contributed by atoms with Gasteiger partial charge in [-0.3, -0.25) is 4.79 Å². The summed E-state index contributed by atoms with van der Waals surface area (Å²) in [6, 6.07) is 0. The number of aliphatic carboxylic acids is 1. The summed E-state index contributed by atoms with van der Waals surface area (Å²) in [5, 5.41) is 18.0. The Kier molecular flexibility index (Phi) is 2.15. The van der Waals surface area contributed by atoms with E-state index in [4.69, 9.17) is 5.11 Å². The van der Waals surface area contributed by atoms with Crippen molar-refractivity contribution >= 4 is 5.97 Å². The summed E-state index contributed by atoms with van der Waals surface area (Å²) in [6.07, 6.45) is 1.17. The topological polar surface area (TPSA) is 57.5 Å². The Morgan fingerprint density at radius 3 is 2.27 bits per heavy atom. The quantitative estimate of drug-likeness (QED) is 0.543. The minimum Gasteiger partial charge on any atom is -0.481 e. The van der Waals surface area contributed by atoms with Gasteiger partial charge in [0.05, 0.1) is 13.0 Å². The monoisotopic (exact) mass is 160 g/mol. The van der Waals surface area contributed by atoms with Gasteiger partial charge < -0.3 is 5.11 Å². The highest BCUT2D eigenvalue weighted by Crippen LogP contribution is 2.19. The molecular formula is C7H14NO3+. The number of rotatable bonds is 1. The lowest BCUT2D eigenvalue weighted by Gasteiger charge is -2.31. The molecule has 1 aliphatic rings. The number of hydroxylamine groups is 3. The fourth-order valence-corrected chi connectivity index (χ4v) is 1.37. The van der Waals surface area contributed by atoms with E-state index in [0.29, 0.717) is 25.9 Å². The Morgan fingerprint density at radius 2 is 1.91 bits per heavy atom. The van der Waals surface area contributed by atoms with Crippen LogP contribution in [0.1, 0.15) is 12.8 Å². The van der Waals surface area contributed by atoms with Crippen LogP contribution in [-0.2, 0) is 4.79 Å². The number of quaternary nitrogens is 1. The van der Waals surface area contributed by atoms with Crippen molar-refractivity contribution in [2.75, 3.05) is 20.1 Å². The Labute approximate surface area is 65.6 Å². The molecule has 4 nitrogen and oxygen atoms in total. The molecule has 0 aliphatic carbocycles. The molecule has 4 heteroatoms. The fraction of sp³-hybridized carbons (Fsp3) is 0.857. The summed E-state index contributed by atoms with van der Waals surface area (Å²) in [5.41, 5.74) is 0. The van der Waals surface area contributed by atoms with Gasteiger partial charge in [-0.1, -0.05) is 0 Å². The molecule has 64 valence electrons. The zero-order valence-corrected chi connectivity index (χ0v) is 6.66. The van der Waals surface area contributed by atoms with E-state index in [1.54, 1.807) is 7.05 Å². The van der Waals surface area contributed by atoms with E-state index >= 15 is 0 Å². The van der Waals surface area contributed by atoms with Gasteiger partial charge in [-0.15, -0.1) is 0 Å². The fourth-order valence-electron chi connectivity index (χ4n) is 1.37. The predicted molar refractivity (Wildman–Crippen MR) is 38.1 cm³/mol. The highest BCUT2D eigenvalue weighted by atomic mass is 16.5. The first kappa shape index (κ1) is 8.49. The average Bonchev–Trinajstić information content (AvgIpc) is 1.86. The second kappa shape index (κ2) is 2.79. The summed E-state index contributed by atoms with van der Waals surface area (Å²) in [4.78, 5) is 10.5. The molecule has 0 aromatic carbocycles. The first-order valence-corrected chi connectivity index (χ1v) is 3.81. The minimum atomic E-state index is -0.732. The molecule has 0 spiro atoms. The van der Waals surface area contributed by atoms with Crippen LogP contribution in [0.25, 0.3) is 0 Å². The predicted octanol–water partition coefficient (Wildman–Crippen LogP) is 0.317. The summed E-state index contributed by atoms with van der Waals surface area (Å²) in [7, 11) is 1.71. The van der Waals surface area contributed by atoms with Crippen LogP contribution in [-0.4, -0.2) is 41.1 Å². The van der Waals surface area contributed by atoms with Gasteiger partial charge in [-0.2, -0.15) is 4.65 Å². The second-order valence-electron chi connectivity index (χ2n) is 3.40. The molecule has 1 heterocycles. The van der Waals surface area contributed by atoms with Crippen LogP contribution in [0.3, 0.4) is 0 Å². The number of carboxylic acid groups (broad SMARTS) is 1. The van der Waals surface area contributed by atoms with Gasteiger partial charge in [0.25, 0.3) is 0 Å². The molecule has 11 heavy (non-hydrogen) atoms. The first-order chi connectivity index (χ1) is 5.01. The van der Waals surface area contributed by atoms with E-state index in [-0.39, 0.29) is 10.6 Å². The largest absolute Gasteiger partial charge is 0.481 e. The van der Waals surface area contributed by atoms with E-state index in [1.165, 1.54) is 0 Å². The average molecular weight is 160 g/mol. The smallest absolute Gasteiger partial charge is 0.306 e. The molecule has 0 aromatic heterocycles. The van der Waals surface area contributed by atoms with E-state index in [0.717, 1.165) is 0 Å². The van der Waals surface area contributed by atoms with Gasteiger partial charge >= 0.3 is 5.97 Å². The van der Waals surface area contributed by atoms with Gasteiger partial charge in [0.2, 0.25) is 0 Å². The number of piperidine rings is 1. The van der Waals surface area contributed by atoms with Gasteiger partial charge in [-0.25, -0.2) is 5.21 Å². The molecule has 0 bridgehead atoms. The molecule has 1 saturated heterocycles. The van der Waals surface area contributed by atoms with Crippen LogP contribution in [0.2, 0.25) is 0 Å². The highest BCUT2D eigenvalue weighted by Gasteiger charge is 2.32. The third-order valence-corrected chi connectivity index (χ3v) is 2.27. The van der Waals surface area contributed by atoms with Crippen molar-refractivity contribution in [3.63, 3.8) is 0 Å². The Balaban J connectivity index is 2.42. The van der Waals surface area contributed by atoms with Crippen molar-refractivity contribution in [3.05, 3.63) is 0 Å². The number of likely N-dealkylation sites (tertiary alicyclic amines) is 1. The Hall–Kier alpha value is -0.610. The summed E-state index contributed by atoms with van der Waals surface area (Å²) in [5.74, 6) is -0.974. The molecule has 0 amide bonds. The molecule has 0 saturated carbocycles. The molecule has 0 unspecified atom stereocenters. The van der Waals surface area contributed by atoms with E-state index in [9.17, 15) is 10.0 Å². The normalized spacial score (nSPS) is 38.5. The lowest BCUT2D eigenvalue weighted by Crippen LogP contribution is -2.47. The lowest BCUT2D eigenvalue weighted by molar-refractivity contribution is -1.09. The van der Waals surface area contributed by atoms with Gasteiger partial charge in [0, 0.05) is 12.8 Å². The molecule has 2 N–H and O–H groups in total. The van der Waals surface area contributed by atoms with E-state index in [1.807, 2.05) is 0 Å². The van der Waals surface area contributed by atoms with Crippen molar-refractivity contribution < 1.29 is 19.8 Å². The summed E-state index contributed by atoms with van der Waals surface area (Å²) >= 11 is 0. The SMILES string of the molecule is C[N+]1(O)CCC(C(=O)O)CC1. The lowest BCUT2D eigenvalue weighted by atomic mass is 9.97. The van der Waals surface area contributed by atoms with Gasteiger partial charge in [-0.05, 0) is 0 Å². The molecule has 1 aliphatic heterocycles. The highest BCUT2D eigenvalue weighted by molar-refractivity contribution is 5.69. The number of hydrogen-bond acceptors (Lipinski definition) is 2. The molecule has 0 radical (unpaired) electrons. The molecule has 1 rings (SSSR count). The molecular weight excluding hydrogens is 146 g/mol. The van der Waals surface area contributed by atoms with Gasteiger partial charge in [0.15, 0.2) is 0 Å².